The largest absolute Gasteiger partial charge is 0.507 e. The minimum Gasteiger partial charge on any atom is -0.507 e. The highest BCUT2D eigenvalue weighted by atomic mass is 32.1. The predicted molar refractivity (Wildman–Crippen MR) is 149 cm³/mol. The number of aliphatic hydroxyl groups excluding tert-OH is 1. The number of unbranched alkanes of at least 4 members (excludes halogenated alkanes) is 1. The molecule has 0 saturated carbocycles. The zero-order valence-electron chi connectivity index (χ0n) is 21.6. The Bertz CT molecular complexity index is 1670. The first-order valence-electron chi connectivity index (χ1n) is 12.9. The normalized spacial score (nSPS) is 17.9. The lowest BCUT2D eigenvalue weighted by molar-refractivity contribution is -0.132. The molecule has 1 fully saturated rings. The summed E-state index contributed by atoms with van der Waals surface area (Å²) in [6.45, 7) is 3.34. The molecule has 0 bridgehead atoms. The van der Waals surface area contributed by atoms with E-state index in [4.69, 9.17) is 14.2 Å². The van der Waals surface area contributed by atoms with Crippen LogP contribution in [0.3, 0.4) is 0 Å². The van der Waals surface area contributed by atoms with E-state index in [-0.39, 0.29) is 16.5 Å². The molecule has 10 heteroatoms. The van der Waals surface area contributed by atoms with Crippen LogP contribution in [-0.4, -0.2) is 41.6 Å². The first-order chi connectivity index (χ1) is 19.4. The third-order valence-electron chi connectivity index (χ3n) is 6.75. The monoisotopic (exact) mass is 560 g/mol. The number of Topliss-reactive ketones (excluding diaryl/α,β-unsaturated/α-hetero) is 1. The molecule has 0 spiro atoms. The summed E-state index contributed by atoms with van der Waals surface area (Å²) in [5, 5.41) is 11.7. The Balaban J connectivity index is 1.50. The lowest BCUT2D eigenvalue weighted by Crippen LogP contribution is -2.29. The molecule has 1 unspecified atom stereocenters. The van der Waals surface area contributed by atoms with E-state index >= 15 is 0 Å². The highest BCUT2D eigenvalue weighted by Gasteiger charge is 2.48. The maximum atomic E-state index is 13.9. The Labute approximate surface area is 233 Å². The number of aliphatic hydroxyl groups is 1. The van der Waals surface area contributed by atoms with Crippen molar-refractivity contribution in [1.82, 2.24) is 4.98 Å². The van der Waals surface area contributed by atoms with Crippen molar-refractivity contribution in [2.75, 3.05) is 24.7 Å². The standard InChI is InChI=1S/C30H25FN2O6S/c1-2-3-11-37-20-6-4-5-17(14-20)26-25(27(34)18-7-10-22-23(15-18)39-13-12-38-22)28(35)29(36)33(26)30-32-21-9-8-19(31)16-24(21)40-30/h4-10,14-16,26,34H,2-3,11-13H2,1H3. The zero-order valence-corrected chi connectivity index (χ0v) is 22.4. The maximum Gasteiger partial charge on any atom is 0.301 e. The number of anilines is 1. The summed E-state index contributed by atoms with van der Waals surface area (Å²) in [6, 6.07) is 15.1. The van der Waals surface area contributed by atoms with E-state index in [9.17, 15) is 19.1 Å². The van der Waals surface area contributed by atoms with Gasteiger partial charge < -0.3 is 19.3 Å². The molecular weight excluding hydrogens is 535 g/mol. The van der Waals surface area contributed by atoms with Gasteiger partial charge in [-0.25, -0.2) is 9.37 Å². The van der Waals surface area contributed by atoms with Gasteiger partial charge in [0.05, 0.1) is 28.4 Å². The number of benzene rings is 3. The minimum absolute atomic E-state index is 0.0992. The molecule has 40 heavy (non-hydrogen) atoms. The third-order valence-corrected chi connectivity index (χ3v) is 7.76. The number of hydrogen-bond donors (Lipinski definition) is 1. The Morgan fingerprint density at radius 1 is 1.10 bits per heavy atom. The van der Waals surface area contributed by atoms with Crippen molar-refractivity contribution in [3.63, 3.8) is 0 Å². The molecule has 1 aromatic heterocycles. The quantitative estimate of drug-likeness (QED) is 0.128. The van der Waals surface area contributed by atoms with E-state index in [0.29, 0.717) is 58.4 Å². The molecule has 3 aromatic carbocycles. The van der Waals surface area contributed by atoms with E-state index in [2.05, 4.69) is 11.9 Å². The van der Waals surface area contributed by atoms with Crippen LogP contribution < -0.4 is 19.1 Å². The fourth-order valence-corrected chi connectivity index (χ4v) is 5.81. The molecule has 0 aliphatic carbocycles. The average molecular weight is 561 g/mol. The number of fused-ring (bicyclic) bond motifs is 2. The molecule has 1 saturated heterocycles. The lowest BCUT2D eigenvalue weighted by atomic mass is 9.95. The molecule has 0 radical (unpaired) electrons. The Morgan fingerprint density at radius 3 is 2.75 bits per heavy atom. The van der Waals surface area contributed by atoms with Gasteiger partial charge in [0.15, 0.2) is 16.6 Å². The van der Waals surface area contributed by atoms with Gasteiger partial charge in [0.1, 0.15) is 30.5 Å². The number of halogens is 1. The van der Waals surface area contributed by atoms with Crippen LogP contribution >= 0.6 is 11.3 Å². The number of rotatable bonds is 7. The molecule has 2 aliphatic heterocycles. The second-order valence-corrected chi connectivity index (χ2v) is 10.4. The van der Waals surface area contributed by atoms with Crippen LogP contribution in [0.2, 0.25) is 0 Å². The van der Waals surface area contributed by atoms with Gasteiger partial charge in [-0.05, 0) is 60.5 Å². The van der Waals surface area contributed by atoms with Gasteiger partial charge in [0.25, 0.3) is 5.78 Å². The fraction of sp³-hybridized carbons (Fsp3) is 0.233. The van der Waals surface area contributed by atoms with Crippen LogP contribution in [0.4, 0.5) is 9.52 Å². The van der Waals surface area contributed by atoms with Gasteiger partial charge in [0, 0.05) is 5.56 Å². The van der Waals surface area contributed by atoms with Gasteiger partial charge in [0.2, 0.25) is 0 Å². The summed E-state index contributed by atoms with van der Waals surface area (Å²) >= 11 is 1.09. The SMILES string of the molecule is CCCCOc1cccc(C2C(=C(O)c3ccc4c(c3)OCCO4)C(=O)C(=O)N2c2nc3ccc(F)cc3s2)c1. The Hall–Kier alpha value is -4.44. The number of carbonyl (C=O) groups excluding carboxylic acids is 2. The minimum atomic E-state index is -1.01. The Kier molecular flexibility index (Phi) is 6.85. The maximum absolute atomic E-state index is 13.9. The highest BCUT2D eigenvalue weighted by Crippen LogP contribution is 2.45. The number of hydrogen-bond acceptors (Lipinski definition) is 8. The summed E-state index contributed by atoms with van der Waals surface area (Å²) < 4.78 is 31.6. The smallest absolute Gasteiger partial charge is 0.301 e. The number of thiazole rings is 1. The summed E-state index contributed by atoms with van der Waals surface area (Å²) in [4.78, 5) is 32.9. The summed E-state index contributed by atoms with van der Waals surface area (Å²) in [7, 11) is 0. The number of carbonyl (C=O) groups is 2. The molecule has 3 heterocycles. The Morgan fingerprint density at radius 2 is 1.93 bits per heavy atom. The van der Waals surface area contributed by atoms with Crippen LogP contribution in [0.15, 0.2) is 66.2 Å². The van der Waals surface area contributed by atoms with Crippen molar-refractivity contribution in [3.8, 4) is 17.2 Å². The molecule has 4 aromatic rings. The van der Waals surface area contributed by atoms with Crippen LogP contribution in [0.25, 0.3) is 16.0 Å². The molecular formula is C30H25FN2O6S. The van der Waals surface area contributed by atoms with Crippen LogP contribution in [-0.2, 0) is 9.59 Å². The van der Waals surface area contributed by atoms with Crippen LogP contribution in [0.1, 0.15) is 36.9 Å². The number of nitrogens with zero attached hydrogens (tertiary/aromatic N) is 2. The first-order valence-corrected chi connectivity index (χ1v) is 13.8. The van der Waals surface area contributed by atoms with E-state index in [1.807, 2.05) is 0 Å². The zero-order chi connectivity index (χ0) is 27.8. The highest BCUT2D eigenvalue weighted by molar-refractivity contribution is 7.22. The topological polar surface area (TPSA) is 98.2 Å². The number of amides is 1. The lowest BCUT2D eigenvalue weighted by Gasteiger charge is -2.24. The molecule has 6 rings (SSSR count). The van der Waals surface area contributed by atoms with Crippen LogP contribution in [0.5, 0.6) is 17.2 Å². The van der Waals surface area contributed by atoms with Gasteiger partial charge >= 0.3 is 5.91 Å². The van der Waals surface area contributed by atoms with Crippen LogP contribution in [0, 0.1) is 5.82 Å². The molecule has 1 amide bonds. The van der Waals surface area contributed by atoms with E-state index in [1.165, 1.54) is 23.1 Å². The molecule has 8 nitrogen and oxygen atoms in total. The van der Waals surface area contributed by atoms with Gasteiger partial charge in [-0.2, -0.15) is 0 Å². The summed E-state index contributed by atoms with van der Waals surface area (Å²) in [5.74, 6) is -0.966. The van der Waals surface area contributed by atoms with E-state index in [1.54, 1.807) is 42.5 Å². The van der Waals surface area contributed by atoms with Gasteiger partial charge in [-0.3, -0.25) is 14.5 Å². The molecule has 1 N–H and O–H groups in total. The number of aromatic nitrogens is 1. The summed E-state index contributed by atoms with van der Waals surface area (Å²) in [5.41, 5.74) is 1.25. The van der Waals surface area contributed by atoms with E-state index in [0.717, 1.165) is 24.2 Å². The van der Waals surface area contributed by atoms with Crippen molar-refractivity contribution in [3.05, 3.63) is 83.2 Å². The van der Waals surface area contributed by atoms with Gasteiger partial charge in [-0.15, -0.1) is 0 Å². The fourth-order valence-electron chi connectivity index (χ4n) is 4.79. The molecule has 204 valence electrons. The van der Waals surface area contributed by atoms with Crippen molar-refractivity contribution in [2.24, 2.45) is 0 Å². The van der Waals surface area contributed by atoms with Crippen molar-refractivity contribution >= 4 is 44.1 Å². The average Bonchev–Trinajstić information content (AvgIpc) is 3.50. The predicted octanol–water partition coefficient (Wildman–Crippen LogP) is 6.01. The van der Waals surface area contributed by atoms with Gasteiger partial charge in [-0.1, -0.05) is 36.8 Å². The van der Waals surface area contributed by atoms with Crippen molar-refractivity contribution in [2.45, 2.75) is 25.8 Å². The number of ketones is 1. The summed E-state index contributed by atoms with van der Waals surface area (Å²) in [6.07, 6.45) is 1.84. The van der Waals surface area contributed by atoms with Crippen molar-refractivity contribution in [1.29, 1.82) is 0 Å². The molecule has 1 atom stereocenters. The second kappa shape index (κ2) is 10.6. The number of ether oxygens (including phenoxy) is 3. The van der Waals surface area contributed by atoms with E-state index < -0.39 is 23.5 Å². The molecule has 2 aliphatic rings. The third kappa shape index (κ3) is 4.64. The second-order valence-electron chi connectivity index (χ2n) is 9.41. The first kappa shape index (κ1) is 25.8. The van der Waals surface area contributed by atoms with Crippen molar-refractivity contribution < 1.29 is 33.3 Å².